The molecule has 0 spiro atoms. The van der Waals surface area contributed by atoms with Crippen molar-refractivity contribution in [2.75, 3.05) is 6.54 Å². The van der Waals surface area contributed by atoms with Crippen LogP contribution in [0.1, 0.15) is 29.1 Å². The summed E-state index contributed by atoms with van der Waals surface area (Å²) in [6.45, 7) is 4.45. The van der Waals surface area contributed by atoms with Gasteiger partial charge in [-0.25, -0.2) is 0 Å². The molecule has 1 rings (SSSR count). The first kappa shape index (κ1) is 8.77. The molecule has 0 radical (unpaired) electrons. The highest BCUT2D eigenvalue weighted by molar-refractivity contribution is 9.10. The van der Waals surface area contributed by atoms with Crippen LogP contribution in [0.3, 0.4) is 0 Å². The molecule has 1 N–H and O–H groups in total. The number of rotatable bonds is 5. The fourth-order valence-corrected chi connectivity index (χ4v) is 1.47. The molecule has 84 valence electrons. The van der Waals surface area contributed by atoms with Crippen molar-refractivity contribution >= 4 is 15.9 Å². The van der Waals surface area contributed by atoms with Gasteiger partial charge in [0.2, 0.25) is 0 Å². The second-order valence-corrected chi connectivity index (χ2v) is 5.02. The summed E-state index contributed by atoms with van der Waals surface area (Å²) in [6, 6.07) is 6.56. The molecule has 1 aromatic carbocycles. The minimum absolute atomic E-state index is 0.0979. The summed E-state index contributed by atoms with van der Waals surface area (Å²) in [7, 11) is 0. The third-order valence-corrected chi connectivity index (χ3v) is 2.53. The average Bonchev–Trinajstić information content (AvgIpc) is 2.31. The molecule has 0 aliphatic rings. The van der Waals surface area contributed by atoms with Gasteiger partial charge in [0.1, 0.15) is 1.41 Å². The van der Waals surface area contributed by atoms with Crippen molar-refractivity contribution in [3.8, 4) is 0 Å². The molecule has 2 heteroatoms. The van der Waals surface area contributed by atoms with E-state index in [-0.39, 0.29) is 6.90 Å². The number of nitrogens with one attached hydrogen (secondary N) is 1. The first-order chi connectivity index (χ1) is 8.37. The van der Waals surface area contributed by atoms with Crippen LogP contribution in [-0.4, -0.2) is 12.6 Å². The largest absolute Gasteiger partial charge is 0.314 e. The van der Waals surface area contributed by atoms with Gasteiger partial charge in [0.15, 0.2) is 0 Å². The Labute approximate surface area is 106 Å². The van der Waals surface area contributed by atoms with Crippen LogP contribution >= 0.6 is 15.9 Å². The molecular formula is C13H20BrN. The monoisotopic (exact) mass is 272 g/mol. The van der Waals surface area contributed by atoms with E-state index in [0.29, 0.717) is 18.9 Å². The zero-order valence-electron chi connectivity index (χ0n) is 12.3. The van der Waals surface area contributed by atoms with E-state index in [1.54, 1.807) is 0 Å². The fraction of sp³-hybridized carbons (Fsp3) is 0.538. The minimum atomic E-state index is -1.17. The molecule has 0 heterocycles. The van der Waals surface area contributed by atoms with Crippen molar-refractivity contribution in [1.82, 2.24) is 5.31 Å². The Bertz CT molecular complexity index is 369. The van der Waals surface area contributed by atoms with Gasteiger partial charge in [-0.05, 0) is 43.5 Å². The molecule has 0 fully saturated rings. The van der Waals surface area contributed by atoms with Crippen molar-refractivity contribution in [1.29, 1.82) is 0 Å². The van der Waals surface area contributed by atoms with E-state index < -0.39 is 6.02 Å². The highest BCUT2D eigenvalue weighted by Gasteiger charge is 2.03. The summed E-state index contributed by atoms with van der Waals surface area (Å²) in [5.41, 5.74) is 0.987. The summed E-state index contributed by atoms with van der Waals surface area (Å²) in [5, 5.41) is 1.24. The van der Waals surface area contributed by atoms with E-state index in [1.807, 2.05) is 38.1 Å². The lowest BCUT2D eigenvalue weighted by atomic mass is 10.1. The van der Waals surface area contributed by atoms with Gasteiger partial charge in [0.05, 0.1) is 0 Å². The second-order valence-electron chi connectivity index (χ2n) is 4.10. The van der Waals surface area contributed by atoms with Gasteiger partial charge in [-0.15, -0.1) is 0 Å². The minimum Gasteiger partial charge on any atom is -0.314 e. The first-order valence-electron chi connectivity index (χ1n) is 6.83. The van der Waals surface area contributed by atoms with Crippen molar-refractivity contribution in [2.45, 2.75) is 33.2 Å². The SMILES string of the molecule is [2H]CC([2H])(Cc1ccc(Br)cc1)N([2H])CC(C)C. The molecule has 1 atom stereocenters. The van der Waals surface area contributed by atoms with Crippen LogP contribution in [0.4, 0.5) is 0 Å². The Morgan fingerprint density at radius 1 is 1.47 bits per heavy atom. The summed E-state index contributed by atoms with van der Waals surface area (Å²) in [4.78, 5) is 0. The van der Waals surface area contributed by atoms with Crippen LogP contribution in [0.5, 0.6) is 0 Å². The van der Waals surface area contributed by atoms with Gasteiger partial charge in [0.25, 0.3) is 0 Å². The van der Waals surface area contributed by atoms with Gasteiger partial charge in [-0.3, -0.25) is 0 Å². The molecule has 0 saturated heterocycles. The Morgan fingerprint density at radius 2 is 2.13 bits per heavy atom. The highest BCUT2D eigenvalue weighted by atomic mass is 79.9. The molecule has 1 nitrogen and oxygen atoms in total. The maximum Gasteiger partial charge on any atom is 0.122 e. The highest BCUT2D eigenvalue weighted by Crippen LogP contribution is 2.11. The summed E-state index contributed by atoms with van der Waals surface area (Å²) < 4.78 is 24.8. The van der Waals surface area contributed by atoms with Crippen molar-refractivity contribution < 1.29 is 4.15 Å². The molecule has 0 bridgehead atoms. The Balaban J connectivity index is 2.78. The smallest absolute Gasteiger partial charge is 0.122 e. The molecular weight excluding hydrogens is 250 g/mol. The average molecular weight is 273 g/mol. The van der Waals surface area contributed by atoms with Crippen LogP contribution in [0.15, 0.2) is 28.7 Å². The van der Waals surface area contributed by atoms with Crippen LogP contribution in [0.2, 0.25) is 1.41 Å². The normalized spacial score (nSPS) is 18.3. The van der Waals surface area contributed by atoms with Crippen LogP contribution in [0.25, 0.3) is 0 Å². The maximum atomic E-state index is 8.30. The van der Waals surface area contributed by atoms with Gasteiger partial charge < -0.3 is 5.31 Å². The fourth-order valence-electron chi connectivity index (χ4n) is 1.21. The van der Waals surface area contributed by atoms with E-state index in [1.165, 1.54) is 5.31 Å². The molecule has 15 heavy (non-hydrogen) atoms. The third kappa shape index (κ3) is 5.33. The third-order valence-electron chi connectivity index (χ3n) is 2.00. The lowest BCUT2D eigenvalue weighted by molar-refractivity contribution is 0.482. The molecule has 1 aromatic rings. The maximum absolute atomic E-state index is 8.30. The second kappa shape index (κ2) is 6.29. The molecule has 0 amide bonds. The lowest BCUT2D eigenvalue weighted by Crippen LogP contribution is -2.31. The van der Waals surface area contributed by atoms with Gasteiger partial charge in [0, 0.05) is 13.2 Å². The van der Waals surface area contributed by atoms with Crippen LogP contribution in [0, 0.1) is 5.92 Å². The summed E-state index contributed by atoms with van der Waals surface area (Å²) in [6.07, 6.45) is 0.403. The van der Waals surface area contributed by atoms with E-state index in [0.717, 1.165) is 10.0 Å². The summed E-state index contributed by atoms with van der Waals surface area (Å²) >= 11 is 3.37. The zero-order valence-corrected chi connectivity index (χ0v) is 10.9. The summed E-state index contributed by atoms with van der Waals surface area (Å²) in [5.74, 6) is 0.323. The topological polar surface area (TPSA) is 12.0 Å². The Hall–Kier alpha value is -0.340. The predicted octanol–water partition coefficient (Wildman–Crippen LogP) is 3.63. The molecule has 1 unspecified atom stereocenters. The Morgan fingerprint density at radius 3 is 2.67 bits per heavy atom. The zero-order chi connectivity index (χ0) is 13.8. The number of halogens is 1. The predicted molar refractivity (Wildman–Crippen MR) is 70.1 cm³/mol. The first-order valence-corrected chi connectivity index (χ1v) is 5.97. The molecule has 0 saturated carbocycles. The van der Waals surface area contributed by atoms with E-state index in [2.05, 4.69) is 15.9 Å². The van der Waals surface area contributed by atoms with Gasteiger partial charge in [-0.1, -0.05) is 41.9 Å². The molecule has 0 aliphatic carbocycles. The van der Waals surface area contributed by atoms with Gasteiger partial charge in [-0.2, -0.15) is 0 Å². The standard InChI is InChI=1S/C13H20BrN/c1-10(2)9-15-11(3)8-12-4-6-13(14)7-5-12/h4-7,10-11,15H,8-9H2,1-3H3/i3D,11D/hD. The number of hydrogen-bond donors (Lipinski definition) is 1. The number of hydrogen-bond acceptors (Lipinski definition) is 1. The molecule has 0 aromatic heterocycles. The van der Waals surface area contributed by atoms with E-state index >= 15 is 0 Å². The van der Waals surface area contributed by atoms with Crippen LogP contribution < -0.4 is 5.31 Å². The van der Waals surface area contributed by atoms with Crippen molar-refractivity contribution in [3.05, 3.63) is 34.3 Å². The van der Waals surface area contributed by atoms with E-state index in [4.69, 9.17) is 4.15 Å². The Kier molecular flexibility index (Phi) is 3.68. The quantitative estimate of drug-likeness (QED) is 0.864. The lowest BCUT2D eigenvalue weighted by Gasteiger charge is -2.15. The van der Waals surface area contributed by atoms with Crippen molar-refractivity contribution in [3.63, 3.8) is 0 Å². The number of benzene rings is 1. The van der Waals surface area contributed by atoms with Gasteiger partial charge >= 0.3 is 0 Å². The van der Waals surface area contributed by atoms with Crippen molar-refractivity contribution in [2.24, 2.45) is 5.92 Å². The van der Waals surface area contributed by atoms with Crippen LogP contribution in [-0.2, 0) is 6.42 Å². The molecule has 0 aliphatic heterocycles. The van der Waals surface area contributed by atoms with E-state index in [9.17, 15) is 0 Å².